The topological polar surface area (TPSA) is 29.5 Å². The zero-order chi connectivity index (χ0) is 18.0. The van der Waals surface area contributed by atoms with E-state index in [0.717, 1.165) is 12.2 Å². The Morgan fingerprint density at radius 2 is 1.80 bits per heavy atom. The van der Waals surface area contributed by atoms with Crippen LogP contribution in [0.2, 0.25) is 0 Å². The molecular weight excluding hydrogens is 328 g/mol. The third kappa shape index (κ3) is 4.62. The lowest BCUT2D eigenvalue weighted by atomic mass is 10.0. The molecule has 1 heterocycles. The van der Waals surface area contributed by atoms with E-state index in [9.17, 15) is 5.11 Å². The SMILES string of the molecule is CCc1ccc(-c2cc3ccc(OC(C)CC(C)(C)O)cc3s2)cc1. The molecule has 0 spiro atoms. The Balaban J connectivity index is 1.81. The molecule has 0 aliphatic carbocycles. The monoisotopic (exact) mass is 354 g/mol. The van der Waals surface area contributed by atoms with Crippen LogP contribution < -0.4 is 4.74 Å². The predicted octanol–water partition coefficient (Wildman–Crippen LogP) is 6.06. The lowest BCUT2D eigenvalue weighted by molar-refractivity contribution is 0.0324. The summed E-state index contributed by atoms with van der Waals surface area (Å²) in [5, 5.41) is 11.2. The van der Waals surface area contributed by atoms with E-state index in [0.29, 0.717) is 6.42 Å². The van der Waals surface area contributed by atoms with Crippen molar-refractivity contribution < 1.29 is 9.84 Å². The second kappa shape index (κ2) is 7.19. The summed E-state index contributed by atoms with van der Waals surface area (Å²) in [5.74, 6) is 0.860. The van der Waals surface area contributed by atoms with Gasteiger partial charge in [-0.2, -0.15) is 0 Å². The van der Waals surface area contributed by atoms with Gasteiger partial charge in [0.1, 0.15) is 5.75 Å². The fourth-order valence-corrected chi connectivity index (χ4v) is 4.21. The van der Waals surface area contributed by atoms with Gasteiger partial charge in [0, 0.05) is 16.0 Å². The third-order valence-corrected chi connectivity index (χ3v) is 5.41. The van der Waals surface area contributed by atoms with Crippen molar-refractivity contribution in [1.29, 1.82) is 0 Å². The van der Waals surface area contributed by atoms with Crippen molar-refractivity contribution in [2.24, 2.45) is 0 Å². The fourth-order valence-electron chi connectivity index (χ4n) is 3.11. The molecule has 0 aliphatic rings. The molecule has 0 amide bonds. The summed E-state index contributed by atoms with van der Waals surface area (Å²) in [6, 6.07) is 17.3. The molecule has 0 bridgehead atoms. The summed E-state index contributed by atoms with van der Waals surface area (Å²) >= 11 is 1.79. The third-order valence-electron chi connectivity index (χ3n) is 4.26. The molecular formula is C22H26O2S. The van der Waals surface area contributed by atoms with Gasteiger partial charge >= 0.3 is 0 Å². The number of thiophene rings is 1. The van der Waals surface area contributed by atoms with Crippen molar-refractivity contribution in [3.63, 3.8) is 0 Å². The quantitative estimate of drug-likeness (QED) is 0.583. The van der Waals surface area contributed by atoms with Crippen molar-refractivity contribution in [3.8, 4) is 16.2 Å². The van der Waals surface area contributed by atoms with Crippen molar-refractivity contribution in [2.75, 3.05) is 0 Å². The molecule has 132 valence electrons. The standard InChI is InChI=1S/C22H26O2S/c1-5-16-6-8-17(9-7-16)20-12-18-10-11-19(13-21(18)25-20)24-15(2)14-22(3,4)23/h6-13,15,23H,5,14H2,1-4H3. The van der Waals surface area contributed by atoms with Crippen LogP contribution in [0.4, 0.5) is 0 Å². The molecule has 1 aromatic heterocycles. The molecule has 3 heteroatoms. The summed E-state index contributed by atoms with van der Waals surface area (Å²) < 4.78 is 7.21. The zero-order valence-electron chi connectivity index (χ0n) is 15.4. The first-order valence-electron chi connectivity index (χ1n) is 8.86. The maximum atomic E-state index is 9.93. The predicted molar refractivity (Wildman–Crippen MR) is 108 cm³/mol. The van der Waals surface area contributed by atoms with E-state index in [-0.39, 0.29) is 6.10 Å². The molecule has 0 fully saturated rings. The first kappa shape index (κ1) is 18.0. The van der Waals surface area contributed by atoms with E-state index < -0.39 is 5.60 Å². The molecule has 0 radical (unpaired) electrons. The Hall–Kier alpha value is -1.84. The average molecular weight is 355 g/mol. The number of aryl methyl sites for hydroxylation is 1. The van der Waals surface area contributed by atoms with Gasteiger partial charge in [0.15, 0.2) is 0 Å². The first-order valence-corrected chi connectivity index (χ1v) is 9.67. The molecule has 2 aromatic carbocycles. The van der Waals surface area contributed by atoms with E-state index in [1.807, 2.05) is 26.8 Å². The van der Waals surface area contributed by atoms with Crippen LogP contribution in [-0.2, 0) is 6.42 Å². The summed E-state index contributed by atoms with van der Waals surface area (Å²) in [6.07, 6.45) is 1.64. The normalized spacial score (nSPS) is 13.2. The van der Waals surface area contributed by atoms with Gasteiger partial charge in [0.25, 0.3) is 0 Å². The highest BCUT2D eigenvalue weighted by Gasteiger charge is 2.18. The minimum absolute atomic E-state index is 0.0292. The first-order chi connectivity index (χ1) is 11.8. The summed E-state index contributed by atoms with van der Waals surface area (Å²) in [7, 11) is 0. The highest BCUT2D eigenvalue weighted by atomic mass is 32.1. The number of ether oxygens (including phenoxy) is 1. The lowest BCUT2D eigenvalue weighted by Crippen LogP contribution is -2.27. The molecule has 3 rings (SSSR count). The minimum atomic E-state index is -0.718. The molecule has 0 saturated carbocycles. The second-order valence-corrected chi connectivity index (χ2v) is 8.39. The molecule has 0 aliphatic heterocycles. The van der Waals surface area contributed by atoms with E-state index in [2.05, 4.69) is 49.4 Å². The van der Waals surface area contributed by atoms with Gasteiger partial charge in [-0.3, -0.25) is 0 Å². The van der Waals surface area contributed by atoms with E-state index >= 15 is 0 Å². The number of hydrogen-bond acceptors (Lipinski definition) is 3. The Morgan fingerprint density at radius 1 is 1.08 bits per heavy atom. The van der Waals surface area contributed by atoms with Gasteiger partial charge in [0.2, 0.25) is 0 Å². The molecule has 1 atom stereocenters. The van der Waals surface area contributed by atoms with Crippen molar-refractivity contribution >= 4 is 21.4 Å². The Labute approximate surface area is 154 Å². The number of hydrogen-bond donors (Lipinski definition) is 1. The maximum Gasteiger partial charge on any atom is 0.121 e. The molecule has 25 heavy (non-hydrogen) atoms. The Kier molecular flexibility index (Phi) is 5.16. The number of rotatable bonds is 6. The fraction of sp³-hybridized carbons (Fsp3) is 0.364. The van der Waals surface area contributed by atoms with Crippen LogP contribution >= 0.6 is 11.3 Å². The minimum Gasteiger partial charge on any atom is -0.491 e. The number of aliphatic hydroxyl groups is 1. The summed E-state index contributed by atoms with van der Waals surface area (Å²) in [5.41, 5.74) is 1.90. The average Bonchev–Trinajstić information content (AvgIpc) is 2.96. The van der Waals surface area contributed by atoms with Crippen LogP contribution in [0.1, 0.15) is 39.7 Å². The highest BCUT2D eigenvalue weighted by Crippen LogP contribution is 2.35. The highest BCUT2D eigenvalue weighted by molar-refractivity contribution is 7.22. The van der Waals surface area contributed by atoms with Gasteiger partial charge in [-0.25, -0.2) is 0 Å². The lowest BCUT2D eigenvalue weighted by Gasteiger charge is -2.23. The maximum absolute atomic E-state index is 9.93. The van der Waals surface area contributed by atoms with Crippen LogP contribution in [0.5, 0.6) is 5.75 Å². The Morgan fingerprint density at radius 3 is 2.44 bits per heavy atom. The van der Waals surface area contributed by atoms with Crippen molar-refractivity contribution in [3.05, 3.63) is 54.1 Å². The van der Waals surface area contributed by atoms with E-state index in [4.69, 9.17) is 4.74 Å². The number of fused-ring (bicyclic) bond motifs is 1. The smallest absolute Gasteiger partial charge is 0.121 e. The van der Waals surface area contributed by atoms with Gasteiger partial charge in [-0.05, 0) is 68.0 Å². The van der Waals surface area contributed by atoms with Gasteiger partial charge in [0.05, 0.1) is 11.7 Å². The molecule has 1 N–H and O–H groups in total. The second-order valence-electron chi connectivity index (χ2n) is 7.31. The molecule has 2 nitrogen and oxygen atoms in total. The summed E-state index contributed by atoms with van der Waals surface area (Å²) in [4.78, 5) is 1.28. The molecule has 1 unspecified atom stereocenters. The molecule has 3 aromatic rings. The van der Waals surface area contributed by atoms with Crippen LogP contribution in [0.15, 0.2) is 48.5 Å². The van der Waals surface area contributed by atoms with Crippen LogP contribution in [0, 0.1) is 0 Å². The number of benzene rings is 2. The van der Waals surface area contributed by atoms with E-state index in [1.54, 1.807) is 11.3 Å². The van der Waals surface area contributed by atoms with Crippen LogP contribution in [0.3, 0.4) is 0 Å². The van der Waals surface area contributed by atoms with Crippen molar-refractivity contribution in [2.45, 2.75) is 52.2 Å². The van der Waals surface area contributed by atoms with Gasteiger partial charge < -0.3 is 9.84 Å². The Bertz CT molecular complexity index is 841. The van der Waals surface area contributed by atoms with Gasteiger partial charge in [-0.1, -0.05) is 31.2 Å². The van der Waals surface area contributed by atoms with Crippen LogP contribution in [0.25, 0.3) is 20.5 Å². The largest absolute Gasteiger partial charge is 0.491 e. The molecule has 0 saturated heterocycles. The van der Waals surface area contributed by atoms with Crippen LogP contribution in [-0.4, -0.2) is 16.8 Å². The summed E-state index contributed by atoms with van der Waals surface area (Å²) in [6.45, 7) is 7.79. The zero-order valence-corrected chi connectivity index (χ0v) is 16.2. The van der Waals surface area contributed by atoms with E-state index in [1.165, 1.54) is 26.1 Å². The van der Waals surface area contributed by atoms with Crippen molar-refractivity contribution in [1.82, 2.24) is 0 Å². The van der Waals surface area contributed by atoms with Gasteiger partial charge in [-0.15, -0.1) is 11.3 Å².